The highest BCUT2D eigenvalue weighted by atomic mass is 16.5. The van der Waals surface area contributed by atoms with Gasteiger partial charge in [0.15, 0.2) is 0 Å². The molecule has 1 rings (SSSR count). The second-order valence-electron chi connectivity index (χ2n) is 4.74. The molecule has 0 spiro atoms. The van der Waals surface area contributed by atoms with E-state index in [0.717, 1.165) is 5.57 Å². The number of nitrogens with zero attached hydrogens (tertiary/aromatic N) is 1. The number of hydrogen-bond donors (Lipinski definition) is 0. The molecule has 0 heterocycles. The normalized spacial score (nSPS) is 11.3. The first-order chi connectivity index (χ1) is 8.99. The average Bonchev–Trinajstić information content (AvgIpc) is 2.38. The summed E-state index contributed by atoms with van der Waals surface area (Å²) >= 11 is 0. The Balaban J connectivity index is 2.81. The number of rotatable bonds is 5. The van der Waals surface area contributed by atoms with Gasteiger partial charge in [-0.2, -0.15) is 0 Å². The fourth-order valence-corrected chi connectivity index (χ4v) is 2.08. The quantitative estimate of drug-likeness (QED) is 0.602. The Morgan fingerprint density at radius 3 is 2.58 bits per heavy atom. The Morgan fingerprint density at radius 1 is 1.37 bits per heavy atom. The SMILES string of the molecule is CCC(=CCN(C)c1ccc(C)cc1C)C(=O)OC. The van der Waals surface area contributed by atoms with Crippen molar-refractivity contribution in [3.05, 3.63) is 41.0 Å². The number of hydrogen-bond acceptors (Lipinski definition) is 3. The van der Waals surface area contributed by atoms with Crippen molar-refractivity contribution in [1.29, 1.82) is 0 Å². The van der Waals surface area contributed by atoms with E-state index in [0.29, 0.717) is 13.0 Å². The molecular weight excluding hydrogens is 238 g/mol. The van der Waals surface area contributed by atoms with Gasteiger partial charge in [-0.1, -0.05) is 30.7 Å². The van der Waals surface area contributed by atoms with Crippen LogP contribution in [0.15, 0.2) is 29.8 Å². The lowest BCUT2D eigenvalue weighted by atomic mass is 10.1. The van der Waals surface area contributed by atoms with Crippen molar-refractivity contribution >= 4 is 11.7 Å². The third-order valence-corrected chi connectivity index (χ3v) is 3.20. The number of anilines is 1. The highest BCUT2D eigenvalue weighted by molar-refractivity contribution is 5.88. The molecule has 0 bridgehead atoms. The summed E-state index contributed by atoms with van der Waals surface area (Å²) in [6, 6.07) is 6.38. The third-order valence-electron chi connectivity index (χ3n) is 3.20. The van der Waals surface area contributed by atoms with Crippen LogP contribution in [-0.4, -0.2) is 26.7 Å². The van der Waals surface area contributed by atoms with E-state index in [1.807, 2.05) is 20.0 Å². The number of esters is 1. The molecule has 0 aliphatic rings. The predicted octanol–water partition coefficient (Wildman–Crippen LogP) is 3.25. The smallest absolute Gasteiger partial charge is 0.333 e. The summed E-state index contributed by atoms with van der Waals surface area (Å²) in [7, 11) is 3.44. The molecule has 104 valence electrons. The van der Waals surface area contributed by atoms with Crippen molar-refractivity contribution in [2.24, 2.45) is 0 Å². The van der Waals surface area contributed by atoms with Gasteiger partial charge in [-0.05, 0) is 31.9 Å². The molecule has 0 N–H and O–H groups in total. The van der Waals surface area contributed by atoms with Gasteiger partial charge in [-0.15, -0.1) is 0 Å². The van der Waals surface area contributed by atoms with Gasteiger partial charge < -0.3 is 9.64 Å². The molecule has 0 aliphatic carbocycles. The van der Waals surface area contributed by atoms with E-state index in [-0.39, 0.29) is 5.97 Å². The van der Waals surface area contributed by atoms with E-state index >= 15 is 0 Å². The molecule has 0 saturated carbocycles. The van der Waals surface area contributed by atoms with Crippen LogP contribution < -0.4 is 4.90 Å². The van der Waals surface area contributed by atoms with Crippen molar-refractivity contribution in [1.82, 2.24) is 0 Å². The summed E-state index contributed by atoms with van der Waals surface area (Å²) in [6.45, 7) is 6.84. The number of likely N-dealkylation sites (N-methyl/N-ethyl adjacent to an activating group) is 1. The Bertz CT molecular complexity index is 478. The Kier molecular flexibility index (Phi) is 5.61. The number of ether oxygens (including phenoxy) is 1. The summed E-state index contributed by atoms with van der Waals surface area (Å²) in [5.74, 6) is -0.239. The summed E-state index contributed by atoms with van der Waals surface area (Å²) in [5, 5.41) is 0. The molecule has 3 heteroatoms. The minimum atomic E-state index is -0.239. The molecule has 0 saturated heterocycles. The number of carbonyl (C=O) groups excluding carboxylic acids is 1. The molecule has 0 atom stereocenters. The lowest BCUT2D eigenvalue weighted by Gasteiger charge is -2.20. The summed E-state index contributed by atoms with van der Waals surface area (Å²) in [5.41, 5.74) is 4.40. The maximum atomic E-state index is 11.5. The van der Waals surface area contributed by atoms with Crippen LogP contribution in [0.1, 0.15) is 24.5 Å². The van der Waals surface area contributed by atoms with E-state index in [4.69, 9.17) is 4.74 Å². The topological polar surface area (TPSA) is 29.5 Å². The largest absolute Gasteiger partial charge is 0.466 e. The van der Waals surface area contributed by atoms with Crippen LogP contribution in [0.5, 0.6) is 0 Å². The van der Waals surface area contributed by atoms with Crippen LogP contribution in [0, 0.1) is 13.8 Å². The molecule has 0 aromatic heterocycles. The second-order valence-corrected chi connectivity index (χ2v) is 4.74. The zero-order chi connectivity index (χ0) is 14.4. The Hall–Kier alpha value is -1.77. The van der Waals surface area contributed by atoms with Crippen molar-refractivity contribution in [3.8, 4) is 0 Å². The van der Waals surface area contributed by atoms with E-state index in [2.05, 4.69) is 36.9 Å². The molecule has 0 fully saturated rings. The molecule has 19 heavy (non-hydrogen) atoms. The lowest BCUT2D eigenvalue weighted by molar-refractivity contribution is -0.136. The first kappa shape index (κ1) is 15.3. The molecule has 0 aliphatic heterocycles. The second kappa shape index (κ2) is 6.98. The highest BCUT2D eigenvalue weighted by Crippen LogP contribution is 2.20. The maximum absolute atomic E-state index is 11.5. The van der Waals surface area contributed by atoms with Gasteiger partial charge in [0.2, 0.25) is 0 Å². The van der Waals surface area contributed by atoms with Gasteiger partial charge in [-0.25, -0.2) is 4.79 Å². The van der Waals surface area contributed by atoms with Gasteiger partial charge in [0, 0.05) is 24.9 Å². The number of carbonyl (C=O) groups is 1. The molecule has 3 nitrogen and oxygen atoms in total. The standard InChI is InChI=1S/C16H23NO2/c1-6-14(16(18)19-5)9-10-17(4)15-8-7-12(2)11-13(15)3/h7-9,11H,6,10H2,1-5H3. The van der Waals surface area contributed by atoms with Gasteiger partial charge in [0.05, 0.1) is 7.11 Å². The fraction of sp³-hybridized carbons (Fsp3) is 0.438. The van der Waals surface area contributed by atoms with Crippen LogP contribution in [-0.2, 0) is 9.53 Å². The average molecular weight is 261 g/mol. The van der Waals surface area contributed by atoms with E-state index in [9.17, 15) is 4.79 Å². The molecule has 0 amide bonds. The van der Waals surface area contributed by atoms with Crippen LogP contribution >= 0.6 is 0 Å². The Labute approximate surface area is 115 Å². The molecular formula is C16H23NO2. The number of benzene rings is 1. The molecule has 0 radical (unpaired) electrons. The maximum Gasteiger partial charge on any atom is 0.333 e. The van der Waals surface area contributed by atoms with Gasteiger partial charge in [0.1, 0.15) is 0 Å². The van der Waals surface area contributed by atoms with Crippen LogP contribution in [0.25, 0.3) is 0 Å². The van der Waals surface area contributed by atoms with Gasteiger partial charge >= 0.3 is 5.97 Å². The highest BCUT2D eigenvalue weighted by Gasteiger charge is 2.08. The van der Waals surface area contributed by atoms with Crippen LogP contribution in [0.4, 0.5) is 5.69 Å². The first-order valence-corrected chi connectivity index (χ1v) is 6.55. The summed E-state index contributed by atoms with van der Waals surface area (Å²) < 4.78 is 4.75. The fourth-order valence-electron chi connectivity index (χ4n) is 2.08. The molecule has 1 aromatic rings. The van der Waals surface area contributed by atoms with Gasteiger partial charge in [-0.3, -0.25) is 0 Å². The first-order valence-electron chi connectivity index (χ1n) is 6.55. The Morgan fingerprint density at radius 2 is 2.05 bits per heavy atom. The van der Waals surface area contributed by atoms with E-state index in [1.54, 1.807) is 0 Å². The van der Waals surface area contributed by atoms with Crippen molar-refractivity contribution in [2.75, 3.05) is 25.6 Å². The molecule has 1 aromatic carbocycles. The monoisotopic (exact) mass is 261 g/mol. The lowest BCUT2D eigenvalue weighted by Crippen LogP contribution is -2.19. The van der Waals surface area contributed by atoms with Crippen molar-refractivity contribution in [2.45, 2.75) is 27.2 Å². The van der Waals surface area contributed by atoms with E-state index in [1.165, 1.54) is 23.9 Å². The zero-order valence-electron chi connectivity index (χ0n) is 12.5. The predicted molar refractivity (Wildman–Crippen MR) is 79.6 cm³/mol. The van der Waals surface area contributed by atoms with Gasteiger partial charge in [0.25, 0.3) is 0 Å². The van der Waals surface area contributed by atoms with Crippen LogP contribution in [0.3, 0.4) is 0 Å². The zero-order valence-corrected chi connectivity index (χ0v) is 12.5. The van der Waals surface area contributed by atoms with Crippen molar-refractivity contribution < 1.29 is 9.53 Å². The van der Waals surface area contributed by atoms with Crippen molar-refractivity contribution in [3.63, 3.8) is 0 Å². The minimum absolute atomic E-state index is 0.239. The molecule has 0 unspecified atom stereocenters. The van der Waals surface area contributed by atoms with E-state index < -0.39 is 0 Å². The summed E-state index contributed by atoms with van der Waals surface area (Å²) in [6.07, 6.45) is 2.62. The van der Waals surface area contributed by atoms with Crippen LogP contribution in [0.2, 0.25) is 0 Å². The number of methoxy groups -OCH3 is 1. The number of aryl methyl sites for hydroxylation is 2. The summed E-state index contributed by atoms with van der Waals surface area (Å²) in [4.78, 5) is 13.6. The third kappa shape index (κ3) is 4.12. The minimum Gasteiger partial charge on any atom is -0.466 e.